The number of aromatic nitrogens is 1. The minimum atomic E-state index is -4.40. The van der Waals surface area contributed by atoms with Crippen LogP contribution >= 0.6 is 0 Å². The van der Waals surface area contributed by atoms with Crippen molar-refractivity contribution < 1.29 is 22.7 Å². The van der Waals surface area contributed by atoms with Crippen molar-refractivity contribution in [2.45, 2.75) is 20.0 Å². The molecule has 1 aliphatic rings. The van der Waals surface area contributed by atoms with E-state index in [1.165, 1.54) is 6.07 Å². The van der Waals surface area contributed by atoms with Gasteiger partial charge in [0.15, 0.2) is 6.61 Å². The Hall–Kier alpha value is -2.77. The minimum absolute atomic E-state index is 0.0389. The van der Waals surface area contributed by atoms with Gasteiger partial charge in [0.25, 0.3) is 5.91 Å². The highest BCUT2D eigenvalue weighted by Crippen LogP contribution is 2.29. The van der Waals surface area contributed by atoms with Crippen LogP contribution in [-0.2, 0) is 11.0 Å². The van der Waals surface area contributed by atoms with Crippen LogP contribution in [0.2, 0.25) is 0 Å². The number of nitrogens with zero attached hydrogens (tertiary/aromatic N) is 3. The Morgan fingerprint density at radius 3 is 2.43 bits per heavy atom. The Bertz CT molecular complexity index is 830. The molecule has 1 aromatic carbocycles. The van der Waals surface area contributed by atoms with Crippen LogP contribution in [0.25, 0.3) is 0 Å². The van der Waals surface area contributed by atoms with E-state index in [-0.39, 0.29) is 12.5 Å². The fourth-order valence-corrected chi connectivity index (χ4v) is 3.04. The molecule has 2 heterocycles. The van der Waals surface area contributed by atoms with Gasteiger partial charge in [-0.1, -0.05) is 12.1 Å². The quantitative estimate of drug-likeness (QED) is 0.798. The third-order valence-corrected chi connectivity index (χ3v) is 4.94. The summed E-state index contributed by atoms with van der Waals surface area (Å²) in [4.78, 5) is 19.9. The van der Waals surface area contributed by atoms with Gasteiger partial charge in [0.2, 0.25) is 0 Å². The summed E-state index contributed by atoms with van der Waals surface area (Å²) < 4.78 is 43.6. The number of benzene rings is 1. The second kappa shape index (κ2) is 8.08. The zero-order chi connectivity index (χ0) is 20.3. The lowest BCUT2D eigenvalue weighted by Crippen LogP contribution is -2.50. The third kappa shape index (κ3) is 4.55. The van der Waals surface area contributed by atoms with Gasteiger partial charge in [0, 0.05) is 32.4 Å². The number of hydrogen-bond acceptors (Lipinski definition) is 4. The topological polar surface area (TPSA) is 45.7 Å². The average Bonchev–Trinajstić information content (AvgIpc) is 2.68. The van der Waals surface area contributed by atoms with Crippen LogP contribution in [0.15, 0.2) is 36.5 Å². The fourth-order valence-electron chi connectivity index (χ4n) is 3.04. The van der Waals surface area contributed by atoms with Crippen molar-refractivity contribution in [2.24, 2.45) is 0 Å². The maximum atomic E-state index is 12.6. The van der Waals surface area contributed by atoms with Crippen molar-refractivity contribution in [1.82, 2.24) is 9.88 Å². The second-order valence-electron chi connectivity index (χ2n) is 6.76. The summed E-state index contributed by atoms with van der Waals surface area (Å²) >= 11 is 0. The smallest absolute Gasteiger partial charge is 0.417 e. The maximum Gasteiger partial charge on any atom is 0.417 e. The molecule has 3 rings (SSSR count). The minimum Gasteiger partial charge on any atom is -0.483 e. The molecule has 1 fully saturated rings. The molecule has 150 valence electrons. The lowest BCUT2D eigenvalue weighted by Gasteiger charge is -2.35. The van der Waals surface area contributed by atoms with Crippen LogP contribution in [0.4, 0.5) is 19.0 Å². The fraction of sp³-hybridized carbons (Fsp3) is 0.400. The van der Waals surface area contributed by atoms with E-state index >= 15 is 0 Å². The molecular weight excluding hydrogens is 371 g/mol. The number of amides is 1. The Labute approximate surface area is 161 Å². The monoisotopic (exact) mass is 393 g/mol. The molecule has 5 nitrogen and oxygen atoms in total. The highest BCUT2D eigenvalue weighted by molar-refractivity contribution is 5.78. The molecule has 1 aliphatic heterocycles. The summed E-state index contributed by atoms with van der Waals surface area (Å²) in [5.74, 6) is 1.06. The zero-order valence-electron chi connectivity index (χ0n) is 15.8. The van der Waals surface area contributed by atoms with Crippen LogP contribution in [0.1, 0.15) is 16.7 Å². The third-order valence-electron chi connectivity index (χ3n) is 4.94. The number of hydrogen-bond donors (Lipinski definition) is 0. The lowest BCUT2D eigenvalue weighted by atomic mass is 10.1. The predicted molar refractivity (Wildman–Crippen MR) is 99.4 cm³/mol. The number of anilines is 1. The van der Waals surface area contributed by atoms with Crippen molar-refractivity contribution in [3.63, 3.8) is 0 Å². The van der Waals surface area contributed by atoms with Gasteiger partial charge in [0.05, 0.1) is 5.56 Å². The van der Waals surface area contributed by atoms with Gasteiger partial charge in [-0.05, 0) is 43.2 Å². The summed E-state index contributed by atoms with van der Waals surface area (Å²) in [5, 5.41) is 0. The zero-order valence-corrected chi connectivity index (χ0v) is 15.8. The normalized spacial score (nSPS) is 14.9. The molecule has 1 aromatic heterocycles. The standard InChI is InChI=1S/C20H22F3N3O2/c1-14-4-3-5-17(15(14)2)28-13-19(27)26-10-8-25(9-11-26)18-7-6-16(12-24-18)20(21,22)23/h3-7,12H,8-11,13H2,1-2H3. The highest BCUT2D eigenvalue weighted by atomic mass is 19.4. The van der Waals surface area contributed by atoms with Crippen LogP contribution < -0.4 is 9.64 Å². The molecule has 0 atom stereocenters. The predicted octanol–water partition coefficient (Wildman–Crippen LogP) is 3.44. The number of carbonyl (C=O) groups is 1. The van der Waals surface area contributed by atoms with Gasteiger partial charge in [-0.2, -0.15) is 13.2 Å². The number of rotatable bonds is 4. The first-order valence-corrected chi connectivity index (χ1v) is 9.00. The van der Waals surface area contributed by atoms with E-state index in [4.69, 9.17) is 4.74 Å². The largest absolute Gasteiger partial charge is 0.483 e. The van der Waals surface area contributed by atoms with Gasteiger partial charge in [-0.25, -0.2) is 4.98 Å². The summed E-state index contributed by atoms with van der Waals surface area (Å²) in [6.07, 6.45) is -3.56. The number of ether oxygens (including phenoxy) is 1. The first kappa shape index (κ1) is 20.0. The Morgan fingerprint density at radius 1 is 1.11 bits per heavy atom. The summed E-state index contributed by atoms with van der Waals surface area (Å²) in [5.41, 5.74) is 1.34. The van der Waals surface area contributed by atoms with E-state index in [9.17, 15) is 18.0 Å². The van der Waals surface area contributed by atoms with E-state index in [0.717, 1.165) is 23.4 Å². The van der Waals surface area contributed by atoms with Crippen LogP contribution in [0, 0.1) is 13.8 Å². The van der Waals surface area contributed by atoms with E-state index in [0.29, 0.717) is 37.7 Å². The molecule has 28 heavy (non-hydrogen) atoms. The van der Waals surface area contributed by atoms with Crippen LogP contribution in [0.5, 0.6) is 5.75 Å². The molecule has 8 heteroatoms. The molecule has 0 bridgehead atoms. The number of carbonyl (C=O) groups excluding carboxylic acids is 1. The van der Waals surface area contributed by atoms with Gasteiger partial charge >= 0.3 is 6.18 Å². The highest BCUT2D eigenvalue weighted by Gasteiger charge is 2.31. The molecular formula is C20H22F3N3O2. The summed E-state index contributed by atoms with van der Waals surface area (Å²) in [7, 11) is 0. The van der Waals surface area contributed by atoms with Gasteiger partial charge in [-0.3, -0.25) is 4.79 Å². The van der Waals surface area contributed by atoms with Crippen LogP contribution in [-0.4, -0.2) is 48.6 Å². The number of halogens is 3. The molecule has 0 aliphatic carbocycles. The number of alkyl halides is 3. The average molecular weight is 393 g/mol. The van der Waals surface area contributed by atoms with E-state index in [1.807, 2.05) is 36.9 Å². The first-order chi connectivity index (χ1) is 13.3. The maximum absolute atomic E-state index is 12.6. The second-order valence-corrected chi connectivity index (χ2v) is 6.76. The SMILES string of the molecule is Cc1cccc(OCC(=O)N2CCN(c3ccc(C(F)(F)F)cn3)CC2)c1C. The first-order valence-electron chi connectivity index (χ1n) is 9.00. The van der Waals surface area contributed by atoms with Crippen molar-refractivity contribution in [1.29, 1.82) is 0 Å². The summed E-state index contributed by atoms with van der Waals surface area (Å²) in [6, 6.07) is 8.10. The van der Waals surface area contributed by atoms with Crippen molar-refractivity contribution >= 4 is 11.7 Å². The van der Waals surface area contributed by atoms with Crippen molar-refractivity contribution in [3.05, 3.63) is 53.2 Å². The molecule has 0 unspecified atom stereocenters. The van der Waals surface area contributed by atoms with Gasteiger partial charge < -0.3 is 14.5 Å². The molecule has 2 aromatic rings. The lowest BCUT2D eigenvalue weighted by molar-refractivity contribution is -0.138. The molecule has 1 saturated heterocycles. The van der Waals surface area contributed by atoms with Crippen LogP contribution in [0.3, 0.4) is 0 Å². The Morgan fingerprint density at radius 2 is 1.82 bits per heavy atom. The molecule has 0 spiro atoms. The molecule has 0 radical (unpaired) electrons. The van der Waals surface area contributed by atoms with E-state index in [1.54, 1.807) is 4.90 Å². The van der Waals surface area contributed by atoms with Gasteiger partial charge in [0.1, 0.15) is 11.6 Å². The van der Waals surface area contributed by atoms with E-state index in [2.05, 4.69) is 4.98 Å². The Kier molecular flexibility index (Phi) is 5.76. The number of aryl methyl sites for hydroxylation is 1. The van der Waals surface area contributed by atoms with Crippen molar-refractivity contribution in [2.75, 3.05) is 37.7 Å². The number of piperazine rings is 1. The summed E-state index contributed by atoms with van der Waals surface area (Å²) in [6.45, 7) is 5.85. The van der Waals surface area contributed by atoms with Crippen molar-refractivity contribution in [3.8, 4) is 5.75 Å². The number of pyridine rings is 1. The van der Waals surface area contributed by atoms with Gasteiger partial charge in [-0.15, -0.1) is 0 Å². The molecule has 1 amide bonds. The van der Waals surface area contributed by atoms with E-state index < -0.39 is 11.7 Å². The molecule has 0 saturated carbocycles. The molecule has 0 N–H and O–H groups in total. The Balaban J connectivity index is 1.52.